The van der Waals surface area contributed by atoms with Crippen LogP contribution < -0.4 is 10.9 Å². The van der Waals surface area contributed by atoms with E-state index in [4.69, 9.17) is 4.98 Å². The molecule has 0 radical (unpaired) electrons. The molecule has 1 aliphatic carbocycles. The second kappa shape index (κ2) is 9.72. The first kappa shape index (κ1) is 22.3. The molecule has 1 aromatic carbocycles. The third kappa shape index (κ3) is 4.64. The number of aromatic nitrogens is 2. The van der Waals surface area contributed by atoms with Crippen molar-refractivity contribution in [3.63, 3.8) is 0 Å². The van der Waals surface area contributed by atoms with Crippen LogP contribution in [0.15, 0.2) is 59.0 Å². The van der Waals surface area contributed by atoms with Crippen molar-refractivity contribution in [1.29, 1.82) is 5.26 Å². The van der Waals surface area contributed by atoms with Crippen molar-refractivity contribution < 1.29 is 4.79 Å². The van der Waals surface area contributed by atoms with Gasteiger partial charge in [0.15, 0.2) is 5.16 Å². The number of thioether (sulfide) groups is 1. The predicted molar refractivity (Wildman–Crippen MR) is 130 cm³/mol. The number of amides is 1. The van der Waals surface area contributed by atoms with E-state index in [1.807, 2.05) is 36.4 Å². The fourth-order valence-electron chi connectivity index (χ4n) is 4.00. The van der Waals surface area contributed by atoms with Crippen LogP contribution in [-0.2, 0) is 11.3 Å². The highest BCUT2D eigenvalue weighted by Gasteiger charge is 2.33. The van der Waals surface area contributed by atoms with Crippen molar-refractivity contribution in [2.75, 3.05) is 5.75 Å². The maximum atomic E-state index is 13.2. The molecule has 4 rings (SSSR count). The Hall–Kier alpha value is -2.89. The van der Waals surface area contributed by atoms with Gasteiger partial charge in [0.2, 0.25) is 5.91 Å². The summed E-state index contributed by atoms with van der Waals surface area (Å²) in [6, 6.07) is 14.1. The Morgan fingerprint density at radius 3 is 2.75 bits per heavy atom. The van der Waals surface area contributed by atoms with E-state index in [2.05, 4.69) is 18.0 Å². The number of hydrogen-bond acceptors (Lipinski definition) is 6. The topological polar surface area (TPSA) is 87.8 Å². The molecule has 0 unspecified atom stereocenters. The highest BCUT2D eigenvalue weighted by Crippen LogP contribution is 2.32. The SMILES string of the molecule is C=CCn1c(SCC(=O)NC2(C#N)CCCCC2)nc2sc(-c3ccccc3)cc2c1=O. The minimum atomic E-state index is -0.771. The summed E-state index contributed by atoms with van der Waals surface area (Å²) in [4.78, 5) is 32.1. The summed E-state index contributed by atoms with van der Waals surface area (Å²) in [5, 5.41) is 13.6. The van der Waals surface area contributed by atoms with Crippen LogP contribution in [0.4, 0.5) is 0 Å². The van der Waals surface area contributed by atoms with Crippen LogP contribution in [0.2, 0.25) is 0 Å². The molecule has 0 atom stereocenters. The number of allylic oxidation sites excluding steroid dienone is 1. The molecule has 8 heteroatoms. The van der Waals surface area contributed by atoms with Crippen molar-refractivity contribution in [3.8, 4) is 16.5 Å². The molecule has 0 saturated heterocycles. The van der Waals surface area contributed by atoms with Crippen LogP contribution >= 0.6 is 23.1 Å². The standard InChI is InChI=1S/C24H24N4O2S2/c1-2-13-28-22(30)18-14-19(17-9-5-3-6-10-17)32-21(18)26-23(28)31-15-20(29)27-24(16-25)11-7-4-8-12-24/h2-3,5-6,9-10,14H,1,4,7-8,11-13,15H2,(H,27,29). The smallest absolute Gasteiger partial charge is 0.263 e. The summed E-state index contributed by atoms with van der Waals surface area (Å²) in [6.07, 6.45) is 6.00. The van der Waals surface area contributed by atoms with Gasteiger partial charge in [0.05, 0.1) is 17.2 Å². The number of benzene rings is 1. The van der Waals surface area contributed by atoms with Crippen molar-refractivity contribution in [1.82, 2.24) is 14.9 Å². The Morgan fingerprint density at radius 2 is 2.06 bits per heavy atom. The Kier molecular flexibility index (Phi) is 6.77. The zero-order valence-corrected chi connectivity index (χ0v) is 19.3. The number of carbonyl (C=O) groups excluding carboxylic acids is 1. The Labute approximate surface area is 195 Å². The average Bonchev–Trinajstić information content (AvgIpc) is 3.25. The number of thiophene rings is 1. The van der Waals surface area contributed by atoms with E-state index in [0.29, 0.717) is 34.8 Å². The van der Waals surface area contributed by atoms with Gasteiger partial charge in [-0.3, -0.25) is 14.2 Å². The molecule has 32 heavy (non-hydrogen) atoms. The average molecular weight is 465 g/mol. The molecule has 2 aromatic heterocycles. The lowest BCUT2D eigenvalue weighted by molar-refractivity contribution is -0.120. The number of fused-ring (bicyclic) bond motifs is 1. The second-order valence-corrected chi connectivity index (χ2v) is 9.86. The molecule has 1 fully saturated rings. The third-order valence-corrected chi connectivity index (χ3v) is 7.67. The van der Waals surface area contributed by atoms with Crippen molar-refractivity contribution in [2.24, 2.45) is 0 Å². The largest absolute Gasteiger partial charge is 0.337 e. The fourth-order valence-corrected chi connectivity index (χ4v) is 5.88. The molecular formula is C24H24N4O2S2. The molecular weight excluding hydrogens is 440 g/mol. The monoisotopic (exact) mass is 464 g/mol. The van der Waals surface area contributed by atoms with Gasteiger partial charge >= 0.3 is 0 Å². The van der Waals surface area contributed by atoms with Gasteiger partial charge in [0, 0.05) is 11.4 Å². The number of rotatable bonds is 7. The summed E-state index contributed by atoms with van der Waals surface area (Å²) in [7, 11) is 0. The third-order valence-electron chi connectivity index (χ3n) is 5.62. The van der Waals surface area contributed by atoms with Gasteiger partial charge in [0.25, 0.3) is 5.56 Å². The number of hydrogen-bond donors (Lipinski definition) is 1. The number of nitriles is 1. The molecule has 1 saturated carbocycles. The van der Waals surface area contributed by atoms with E-state index in [0.717, 1.165) is 29.7 Å². The quantitative estimate of drug-likeness (QED) is 0.310. The summed E-state index contributed by atoms with van der Waals surface area (Å²) in [5.41, 5.74) is 0.122. The molecule has 3 aromatic rings. The molecule has 1 aliphatic rings. The van der Waals surface area contributed by atoms with Crippen LogP contribution in [0, 0.1) is 11.3 Å². The summed E-state index contributed by atoms with van der Waals surface area (Å²) < 4.78 is 1.55. The summed E-state index contributed by atoms with van der Waals surface area (Å²) in [5.74, 6) is -0.121. The van der Waals surface area contributed by atoms with Gasteiger partial charge < -0.3 is 5.32 Å². The molecule has 2 heterocycles. The molecule has 164 valence electrons. The fraction of sp³-hybridized carbons (Fsp3) is 0.333. The minimum absolute atomic E-state index is 0.0927. The van der Waals surface area contributed by atoms with Gasteiger partial charge in [-0.1, -0.05) is 67.4 Å². The lowest BCUT2D eigenvalue weighted by atomic mass is 9.83. The lowest BCUT2D eigenvalue weighted by Crippen LogP contribution is -2.49. The van der Waals surface area contributed by atoms with Gasteiger partial charge in [-0.2, -0.15) is 5.26 Å². The van der Waals surface area contributed by atoms with Crippen molar-refractivity contribution >= 4 is 39.2 Å². The summed E-state index contributed by atoms with van der Waals surface area (Å²) >= 11 is 2.68. The maximum absolute atomic E-state index is 13.2. The van der Waals surface area contributed by atoms with Crippen molar-refractivity contribution in [3.05, 3.63) is 59.4 Å². The highest BCUT2D eigenvalue weighted by atomic mass is 32.2. The number of nitrogens with one attached hydrogen (secondary N) is 1. The maximum Gasteiger partial charge on any atom is 0.263 e. The van der Waals surface area contributed by atoms with Crippen LogP contribution in [0.25, 0.3) is 20.7 Å². The first-order valence-corrected chi connectivity index (χ1v) is 12.4. The molecule has 0 spiro atoms. The van der Waals surface area contributed by atoms with Crippen molar-refractivity contribution in [2.45, 2.75) is 49.3 Å². The van der Waals surface area contributed by atoms with Crippen LogP contribution in [0.1, 0.15) is 32.1 Å². The lowest BCUT2D eigenvalue weighted by Gasteiger charge is -2.31. The van der Waals surface area contributed by atoms with E-state index >= 15 is 0 Å². The zero-order valence-electron chi connectivity index (χ0n) is 17.7. The predicted octanol–water partition coefficient (Wildman–Crippen LogP) is 4.75. The number of nitrogens with zero attached hydrogens (tertiary/aromatic N) is 3. The Bertz CT molecular complexity index is 1230. The van der Waals surface area contributed by atoms with Gasteiger partial charge in [0.1, 0.15) is 10.4 Å². The molecule has 1 amide bonds. The van der Waals surface area contributed by atoms with Gasteiger partial charge in [-0.05, 0) is 24.5 Å². The normalized spacial score (nSPS) is 15.2. The van der Waals surface area contributed by atoms with E-state index in [1.165, 1.54) is 23.1 Å². The van der Waals surface area contributed by atoms with Gasteiger partial charge in [-0.15, -0.1) is 17.9 Å². The van der Waals surface area contributed by atoms with Crippen LogP contribution in [-0.4, -0.2) is 26.8 Å². The van der Waals surface area contributed by atoms with Crippen LogP contribution in [0.3, 0.4) is 0 Å². The molecule has 0 aliphatic heterocycles. The highest BCUT2D eigenvalue weighted by molar-refractivity contribution is 7.99. The van der Waals surface area contributed by atoms with Crippen LogP contribution in [0.5, 0.6) is 0 Å². The second-order valence-electron chi connectivity index (χ2n) is 7.89. The Balaban J connectivity index is 1.59. The first-order valence-electron chi connectivity index (χ1n) is 10.6. The van der Waals surface area contributed by atoms with Gasteiger partial charge in [-0.25, -0.2) is 4.98 Å². The zero-order chi connectivity index (χ0) is 22.6. The first-order chi connectivity index (χ1) is 15.5. The van der Waals surface area contributed by atoms with E-state index in [9.17, 15) is 14.9 Å². The molecule has 1 N–H and O–H groups in total. The van der Waals surface area contributed by atoms with E-state index in [1.54, 1.807) is 10.6 Å². The molecule has 6 nitrogen and oxygen atoms in total. The Morgan fingerprint density at radius 1 is 1.31 bits per heavy atom. The minimum Gasteiger partial charge on any atom is -0.337 e. The summed E-state index contributed by atoms with van der Waals surface area (Å²) in [6.45, 7) is 4.06. The number of carbonyl (C=O) groups is 1. The molecule has 0 bridgehead atoms. The van der Waals surface area contributed by atoms with E-state index < -0.39 is 5.54 Å². The van der Waals surface area contributed by atoms with E-state index in [-0.39, 0.29) is 17.2 Å².